The maximum Gasteiger partial charge on any atom is 0.247 e. The third-order valence-corrected chi connectivity index (χ3v) is 4.29. The Hall–Kier alpha value is -1.26. The van der Waals surface area contributed by atoms with Gasteiger partial charge in [-0.15, -0.1) is 0 Å². The second kappa shape index (κ2) is 5.26. The van der Waals surface area contributed by atoms with E-state index in [4.69, 9.17) is 17.3 Å². The highest BCUT2D eigenvalue weighted by molar-refractivity contribution is 6.33. The van der Waals surface area contributed by atoms with Crippen molar-refractivity contribution >= 4 is 23.2 Å². The van der Waals surface area contributed by atoms with E-state index in [1.165, 1.54) is 0 Å². The zero-order chi connectivity index (χ0) is 15.1. The third-order valence-electron chi connectivity index (χ3n) is 3.99. The molecule has 1 atom stereocenters. The number of hydrogen-bond acceptors (Lipinski definition) is 3. The minimum atomic E-state index is -0.591. The fourth-order valence-corrected chi connectivity index (χ4v) is 2.95. The van der Waals surface area contributed by atoms with E-state index in [-0.39, 0.29) is 11.9 Å². The van der Waals surface area contributed by atoms with Crippen LogP contribution >= 0.6 is 11.6 Å². The Balaban J connectivity index is 2.39. The Bertz CT molecular complexity index is 528. The summed E-state index contributed by atoms with van der Waals surface area (Å²) >= 11 is 6.40. The van der Waals surface area contributed by atoms with Gasteiger partial charge < -0.3 is 15.5 Å². The van der Waals surface area contributed by atoms with Gasteiger partial charge in [-0.1, -0.05) is 17.7 Å². The third kappa shape index (κ3) is 2.50. The number of anilines is 1. The maximum atomic E-state index is 12.3. The van der Waals surface area contributed by atoms with Crippen LogP contribution in [0.4, 0.5) is 5.69 Å². The number of carbonyl (C=O) groups excluding carboxylic acids is 1. The van der Waals surface area contributed by atoms with E-state index < -0.39 is 5.54 Å². The molecule has 110 valence electrons. The second-order valence-electron chi connectivity index (χ2n) is 5.94. The van der Waals surface area contributed by atoms with Crippen molar-refractivity contribution in [2.75, 3.05) is 25.0 Å². The molecule has 0 unspecified atom stereocenters. The van der Waals surface area contributed by atoms with Crippen molar-refractivity contribution in [3.8, 4) is 0 Å². The first-order valence-electron chi connectivity index (χ1n) is 6.83. The lowest BCUT2D eigenvalue weighted by atomic mass is 9.96. The Labute approximate surface area is 125 Å². The summed E-state index contributed by atoms with van der Waals surface area (Å²) < 4.78 is 0. The summed E-state index contributed by atoms with van der Waals surface area (Å²) in [6.07, 6.45) is 0. The first-order valence-corrected chi connectivity index (χ1v) is 7.21. The molecule has 0 saturated carbocycles. The lowest BCUT2D eigenvalue weighted by Crippen LogP contribution is -2.62. The van der Waals surface area contributed by atoms with E-state index in [1.807, 2.05) is 46.0 Å². The van der Waals surface area contributed by atoms with Crippen molar-refractivity contribution in [3.05, 3.63) is 28.8 Å². The zero-order valence-corrected chi connectivity index (χ0v) is 13.2. The lowest BCUT2D eigenvalue weighted by molar-refractivity contribution is -0.136. The van der Waals surface area contributed by atoms with Gasteiger partial charge in [0.25, 0.3) is 0 Å². The van der Waals surface area contributed by atoms with Crippen LogP contribution < -0.4 is 10.6 Å². The van der Waals surface area contributed by atoms with E-state index >= 15 is 0 Å². The van der Waals surface area contributed by atoms with Crippen LogP contribution in [0.5, 0.6) is 0 Å². The molecule has 1 amide bonds. The van der Waals surface area contributed by atoms with Gasteiger partial charge in [-0.3, -0.25) is 4.79 Å². The van der Waals surface area contributed by atoms with Gasteiger partial charge in [0, 0.05) is 26.2 Å². The molecule has 1 aromatic rings. The van der Waals surface area contributed by atoms with Gasteiger partial charge in [0.2, 0.25) is 5.91 Å². The molecule has 2 rings (SSSR count). The molecule has 4 nitrogen and oxygen atoms in total. The maximum absolute atomic E-state index is 12.3. The summed E-state index contributed by atoms with van der Waals surface area (Å²) in [5.74, 6) is 0.107. The van der Waals surface area contributed by atoms with Crippen molar-refractivity contribution in [1.82, 2.24) is 4.90 Å². The molecule has 0 aliphatic carbocycles. The van der Waals surface area contributed by atoms with E-state index in [0.717, 1.165) is 17.8 Å². The number of rotatable bonds is 2. The molecule has 1 aliphatic rings. The van der Waals surface area contributed by atoms with Crippen LogP contribution in [0.3, 0.4) is 0 Å². The minimum absolute atomic E-state index is 0.0521. The molecule has 0 spiro atoms. The summed E-state index contributed by atoms with van der Waals surface area (Å²) in [5.41, 5.74) is 7.17. The van der Waals surface area contributed by atoms with E-state index in [0.29, 0.717) is 11.6 Å². The highest BCUT2D eigenvalue weighted by Crippen LogP contribution is 2.35. The van der Waals surface area contributed by atoms with Crippen molar-refractivity contribution in [1.29, 1.82) is 0 Å². The van der Waals surface area contributed by atoms with Crippen LogP contribution in [-0.2, 0) is 4.79 Å². The van der Waals surface area contributed by atoms with Crippen LogP contribution in [0.15, 0.2) is 18.2 Å². The normalized spacial score (nSPS) is 20.2. The summed E-state index contributed by atoms with van der Waals surface area (Å²) in [7, 11) is 1.84. The van der Waals surface area contributed by atoms with Gasteiger partial charge in [-0.05, 0) is 38.5 Å². The summed E-state index contributed by atoms with van der Waals surface area (Å²) in [4.78, 5) is 16.2. The minimum Gasteiger partial charge on any atom is -0.355 e. The van der Waals surface area contributed by atoms with Crippen LogP contribution in [-0.4, -0.2) is 36.5 Å². The molecule has 2 N–H and O–H groups in total. The quantitative estimate of drug-likeness (QED) is 0.911. The van der Waals surface area contributed by atoms with E-state index in [1.54, 1.807) is 4.90 Å². The van der Waals surface area contributed by atoms with E-state index in [9.17, 15) is 4.79 Å². The van der Waals surface area contributed by atoms with Crippen molar-refractivity contribution < 1.29 is 4.79 Å². The Morgan fingerprint density at radius 3 is 2.55 bits per heavy atom. The topological polar surface area (TPSA) is 49.6 Å². The van der Waals surface area contributed by atoms with Crippen molar-refractivity contribution in [3.63, 3.8) is 0 Å². The lowest BCUT2D eigenvalue weighted by Gasteiger charge is -2.46. The number of piperazine rings is 1. The van der Waals surface area contributed by atoms with Crippen LogP contribution in [0, 0.1) is 0 Å². The highest BCUT2D eigenvalue weighted by Gasteiger charge is 2.41. The number of likely N-dealkylation sites (N-methyl/N-ethyl adjacent to an activating group) is 1. The van der Waals surface area contributed by atoms with Crippen molar-refractivity contribution in [2.45, 2.75) is 32.4 Å². The van der Waals surface area contributed by atoms with Gasteiger partial charge in [0.1, 0.15) is 5.54 Å². The van der Waals surface area contributed by atoms with Crippen LogP contribution in [0.1, 0.15) is 32.4 Å². The fourth-order valence-electron chi connectivity index (χ4n) is 2.66. The molecule has 20 heavy (non-hydrogen) atoms. The van der Waals surface area contributed by atoms with Gasteiger partial charge in [0.05, 0.1) is 10.7 Å². The van der Waals surface area contributed by atoms with Gasteiger partial charge >= 0.3 is 0 Å². The molecular formula is C15H22ClN3O. The number of nitrogens with zero attached hydrogens (tertiary/aromatic N) is 2. The molecule has 0 aromatic heterocycles. The summed E-state index contributed by atoms with van der Waals surface area (Å²) in [6, 6.07) is 5.77. The average Bonchev–Trinajstić information content (AvgIpc) is 2.37. The largest absolute Gasteiger partial charge is 0.355 e. The average molecular weight is 296 g/mol. The SMILES string of the molecule is C[C@@H](N)c1ccc(N2CCN(C)C(=O)C2(C)C)c(Cl)c1. The van der Waals surface area contributed by atoms with Crippen molar-refractivity contribution in [2.24, 2.45) is 5.73 Å². The predicted molar refractivity (Wildman–Crippen MR) is 83.1 cm³/mol. The molecule has 0 radical (unpaired) electrons. The van der Waals surface area contributed by atoms with Gasteiger partial charge in [-0.2, -0.15) is 0 Å². The number of halogens is 1. The molecule has 0 bridgehead atoms. The number of nitrogens with two attached hydrogens (primary N) is 1. The Morgan fingerprint density at radius 2 is 2.00 bits per heavy atom. The molecule has 5 heteroatoms. The summed E-state index contributed by atoms with van der Waals surface area (Å²) in [6.45, 7) is 7.26. The highest BCUT2D eigenvalue weighted by atomic mass is 35.5. The zero-order valence-electron chi connectivity index (χ0n) is 12.5. The first-order chi connectivity index (χ1) is 9.25. The molecule has 1 fully saturated rings. The second-order valence-corrected chi connectivity index (χ2v) is 6.34. The molecule has 1 heterocycles. The molecule has 1 aromatic carbocycles. The monoisotopic (exact) mass is 295 g/mol. The summed E-state index contributed by atoms with van der Waals surface area (Å²) in [5, 5.41) is 0.644. The van der Waals surface area contributed by atoms with E-state index in [2.05, 4.69) is 4.90 Å². The van der Waals surface area contributed by atoms with Crippen LogP contribution in [0.25, 0.3) is 0 Å². The number of hydrogen-bond donors (Lipinski definition) is 1. The van der Waals surface area contributed by atoms with Crippen LogP contribution in [0.2, 0.25) is 5.02 Å². The Kier molecular flexibility index (Phi) is 3.98. The smallest absolute Gasteiger partial charge is 0.247 e. The van der Waals surface area contributed by atoms with Gasteiger partial charge in [-0.25, -0.2) is 0 Å². The van der Waals surface area contributed by atoms with Gasteiger partial charge in [0.15, 0.2) is 0 Å². The molecular weight excluding hydrogens is 274 g/mol. The molecule has 1 aliphatic heterocycles. The number of carbonyl (C=O) groups is 1. The standard InChI is InChI=1S/C15H22ClN3O/c1-10(17)11-5-6-13(12(16)9-11)19-8-7-18(4)14(20)15(19,2)3/h5-6,9-10H,7-8,17H2,1-4H3/t10-/m1/s1. The first kappa shape index (κ1) is 15.1. The number of benzene rings is 1. The fraction of sp³-hybridized carbons (Fsp3) is 0.533. The number of amides is 1. The predicted octanol–water partition coefficient (Wildman–Crippen LogP) is 2.42. The Morgan fingerprint density at radius 1 is 1.35 bits per heavy atom. The molecule has 1 saturated heterocycles.